The summed E-state index contributed by atoms with van der Waals surface area (Å²) in [4.78, 5) is 9.41. The summed E-state index contributed by atoms with van der Waals surface area (Å²) in [5.74, 6) is 2.65. The van der Waals surface area contributed by atoms with Crippen molar-refractivity contribution in [1.29, 1.82) is 0 Å². The van der Waals surface area contributed by atoms with Gasteiger partial charge in [0.15, 0.2) is 5.96 Å². The third-order valence-electron chi connectivity index (χ3n) is 5.49. The Morgan fingerprint density at radius 3 is 2.74 bits per heavy atom. The van der Waals surface area contributed by atoms with Gasteiger partial charge in [-0.2, -0.15) is 0 Å². The smallest absolute Gasteiger partial charge is 0.193 e. The lowest BCUT2D eigenvalue weighted by molar-refractivity contribution is 0.198. The average Bonchev–Trinajstić information content (AvgIpc) is 3.12. The van der Waals surface area contributed by atoms with Crippen molar-refractivity contribution in [2.75, 3.05) is 46.9 Å². The summed E-state index contributed by atoms with van der Waals surface area (Å²) in [6, 6.07) is 5.29. The molecule has 1 unspecified atom stereocenters. The van der Waals surface area contributed by atoms with E-state index >= 15 is 0 Å². The number of phenolic OH excluding ortho intramolecular Hbond substituents is 1. The SMILES string of the molecule is CN=C(NCc1cc(OC)ccc1O)N1CCC(CN2CCCCC2)C1.I. The number of halogens is 1. The minimum absolute atomic E-state index is 0. The number of guanidine groups is 1. The maximum Gasteiger partial charge on any atom is 0.193 e. The molecule has 2 aliphatic rings. The number of nitrogens with zero attached hydrogens (tertiary/aromatic N) is 3. The number of piperidine rings is 1. The summed E-state index contributed by atoms with van der Waals surface area (Å²) < 4.78 is 5.24. The second-order valence-electron chi connectivity index (χ2n) is 7.36. The normalized spacial score (nSPS) is 21.0. The number of nitrogens with one attached hydrogen (secondary N) is 1. The number of aromatic hydroxyl groups is 1. The molecule has 0 bridgehead atoms. The van der Waals surface area contributed by atoms with Crippen LogP contribution >= 0.6 is 24.0 Å². The van der Waals surface area contributed by atoms with Crippen molar-refractivity contribution < 1.29 is 9.84 Å². The first-order valence-corrected chi connectivity index (χ1v) is 9.73. The topological polar surface area (TPSA) is 60.3 Å². The van der Waals surface area contributed by atoms with E-state index in [9.17, 15) is 5.11 Å². The lowest BCUT2D eigenvalue weighted by Crippen LogP contribution is -2.41. The van der Waals surface area contributed by atoms with E-state index in [1.165, 1.54) is 45.3 Å². The molecular weight excluding hydrogens is 455 g/mol. The van der Waals surface area contributed by atoms with Crippen LogP contribution < -0.4 is 10.1 Å². The number of methoxy groups -OCH3 is 1. The van der Waals surface area contributed by atoms with Crippen LogP contribution in [0.2, 0.25) is 0 Å². The summed E-state index contributed by atoms with van der Waals surface area (Å²) in [5.41, 5.74) is 0.814. The third-order valence-corrected chi connectivity index (χ3v) is 5.49. The van der Waals surface area contributed by atoms with Gasteiger partial charge in [0.05, 0.1) is 7.11 Å². The number of rotatable bonds is 5. The van der Waals surface area contributed by atoms with E-state index in [0.29, 0.717) is 6.54 Å². The summed E-state index contributed by atoms with van der Waals surface area (Å²) in [7, 11) is 3.46. The molecule has 2 heterocycles. The summed E-state index contributed by atoms with van der Waals surface area (Å²) >= 11 is 0. The molecule has 0 aliphatic carbocycles. The van der Waals surface area contributed by atoms with Crippen LogP contribution in [0.1, 0.15) is 31.2 Å². The van der Waals surface area contributed by atoms with Gasteiger partial charge in [0.1, 0.15) is 11.5 Å². The van der Waals surface area contributed by atoms with E-state index in [2.05, 4.69) is 20.1 Å². The van der Waals surface area contributed by atoms with Crippen LogP contribution in [0.5, 0.6) is 11.5 Å². The molecule has 0 aromatic heterocycles. The van der Waals surface area contributed by atoms with Gasteiger partial charge >= 0.3 is 0 Å². The fourth-order valence-corrected chi connectivity index (χ4v) is 4.02. The van der Waals surface area contributed by atoms with Crippen molar-refractivity contribution in [3.8, 4) is 11.5 Å². The van der Waals surface area contributed by atoms with Gasteiger partial charge in [0.25, 0.3) is 0 Å². The number of hydrogen-bond acceptors (Lipinski definition) is 4. The van der Waals surface area contributed by atoms with Crippen LogP contribution in [-0.2, 0) is 6.54 Å². The molecule has 3 rings (SSSR count). The van der Waals surface area contributed by atoms with Crippen LogP contribution in [0.3, 0.4) is 0 Å². The molecule has 2 fully saturated rings. The van der Waals surface area contributed by atoms with Gasteiger partial charge in [0, 0.05) is 38.8 Å². The Morgan fingerprint density at radius 2 is 2.04 bits per heavy atom. The fraction of sp³-hybridized carbons (Fsp3) is 0.650. The molecule has 2 N–H and O–H groups in total. The zero-order chi connectivity index (χ0) is 18.4. The van der Waals surface area contributed by atoms with Crippen molar-refractivity contribution in [2.24, 2.45) is 10.9 Å². The number of hydrogen-bond donors (Lipinski definition) is 2. The van der Waals surface area contributed by atoms with E-state index in [-0.39, 0.29) is 29.7 Å². The second-order valence-corrected chi connectivity index (χ2v) is 7.36. The van der Waals surface area contributed by atoms with Crippen LogP contribution in [0, 0.1) is 5.92 Å². The van der Waals surface area contributed by atoms with E-state index in [0.717, 1.165) is 36.3 Å². The Hall–Kier alpha value is -1.22. The van der Waals surface area contributed by atoms with Gasteiger partial charge in [-0.15, -0.1) is 24.0 Å². The highest BCUT2D eigenvalue weighted by Gasteiger charge is 2.27. The Bertz CT molecular complexity index is 620. The highest BCUT2D eigenvalue weighted by Crippen LogP contribution is 2.23. The Kier molecular flexibility index (Phi) is 8.95. The minimum atomic E-state index is 0. The predicted molar refractivity (Wildman–Crippen MR) is 120 cm³/mol. The first-order chi connectivity index (χ1) is 12.7. The standard InChI is InChI=1S/C20H32N4O2.HI/c1-21-20(22-13-17-12-18(26-2)6-7-19(17)25)24-11-8-16(15-24)14-23-9-4-3-5-10-23;/h6-7,12,16,25H,3-5,8-11,13-15H2,1-2H3,(H,21,22);1H. The maximum absolute atomic E-state index is 10.1. The highest BCUT2D eigenvalue weighted by atomic mass is 127. The molecule has 2 saturated heterocycles. The first-order valence-electron chi connectivity index (χ1n) is 9.73. The molecule has 7 heteroatoms. The quantitative estimate of drug-likeness (QED) is 0.379. The first kappa shape index (κ1) is 22.1. The van der Waals surface area contributed by atoms with Gasteiger partial charge < -0.3 is 25.0 Å². The maximum atomic E-state index is 10.1. The summed E-state index contributed by atoms with van der Waals surface area (Å²) in [6.07, 6.45) is 5.32. The summed E-state index contributed by atoms with van der Waals surface area (Å²) in [6.45, 7) is 6.37. The largest absolute Gasteiger partial charge is 0.508 e. The highest BCUT2D eigenvalue weighted by molar-refractivity contribution is 14.0. The third kappa shape index (κ3) is 6.14. The van der Waals surface area contributed by atoms with E-state index in [1.54, 1.807) is 19.2 Å². The number of aliphatic imine (C=N–C) groups is 1. The van der Waals surface area contributed by atoms with E-state index in [4.69, 9.17) is 4.74 Å². The number of benzene rings is 1. The number of ether oxygens (including phenoxy) is 1. The van der Waals surface area contributed by atoms with Gasteiger partial charge in [-0.3, -0.25) is 4.99 Å². The van der Waals surface area contributed by atoms with Crippen molar-refractivity contribution >= 4 is 29.9 Å². The molecular formula is C20H33IN4O2. The second kappa shape index (κ2) is 10.9. The van der Waals surface area contributed by atoms with Gasteiger partial charge in [-0.25, -0.2) is 0 Å². The lowest BCUT2D eigenvalue weighted by atomic mass is 10.1. The average molecular weight is 488 g/mol. The zero-order valence-electron chi connectivity index (χ0n) is 16.5. The van der Waals surface area contributed by atoms with Gasteiger partial charge in [0.2, 0.25) is 0 Å². The van der Waals surface area contributed by atoms with Crippen molar-refractivity contribution in [2.45, 2.75) is 32.2 Å². The Morgan fingerprint density at radius 1 is 1.26 bits per heavy atom. The van der Waals surface area contributed by atoms with Gasteiger partial charge in [-0.1, -0.05) is 6.42 Å². The van der Waals surface area contributed by atoms with E-state index in [1.807, 2.05) is 13.1 Å². The Labute approximate surface area is 180 Å². The lowest BCUT2D eigenvalue weighted by Gasteiger charge is -2.29. The van der Waals surface area contributed by atoms with Gasteiger partial charge in [-0.05, 0) is 56.5 Å². The number of likely N-dealkylation sites (tertiary alicyclic amines) is 2. The monoisotopic (exact) mass is 488 g/mol. The minimum Gasteiger partial charge on any atom is -0.508 e. The fourth-order valence-electron chi connectivity index (χ4n) is 4.02. The zero-order valence-corrected chi connectivity index (χ0v) is 18.8. The summed E-state index contributed by atoms with van der Waals surface area (Å²) in [5, 5.41) is 13.4. The molecule has 0 spiro atoms. The number of phenols is 1. The van der Waals surface area contributed by atoms with Crippen molar-refractivity contribution in [3.05, 3.63) is 23.8 Å². The molecule has 0 saturated carbocycles. The van der Waals surface area contributed by atoms with E-state index < -0.39 is 0 Å². The Balaban J connectivity index is 0.00000261. The van der Waals surface area contributed by atoms with Crippen LogP contribution in [-0.4, -0.2) is 67.7 Å². The van der Waals surface area contributed by atoms with Crippen LogP contribution in [0.25, 0.3) is 0 Å². The molecule has 27 heavy (non-hydrogen) atoms. The molecule has 6 nitrogen and oxygen atoms in total. The van der Waals surface area contributed by atoms with Crippen LogP contribution in [0.15, 0.2) is 23.2 Å². The molecule has 1 aromatic rings. The molecule has 1 atom stereocenters. The van der Waals surface area contributed by atoms with Crippen LogP contribution in [0.4, 0.5) is 0 Å². The molecule has 1 aromatic carbocycles. The van der Waals surface area contributed by atoms with Crippen molar-refractivity contribution in [3.63, 3.8) is 0 Å². The molecule has 0 radical (unpaired) electrons. The predicted octanol–water partition coefficient (Wildman–Crippen LogP) is 2.90. The molecule has 0 amide bonds. The molecule has 152 valence electrons. The van der Waals surface area contributed by atoms with Crippen molar-refractivity contribution in [1.82, 2.24) is 15.1 Å². The molecule has 2 aliphatic heterocycles.